The number of carbonyl (C=O) groups excluding carboxylic acids is 2. The maximum atomic E-state index is 14.3. The summed E-state index contributed by atoms with van der Waals surface area (Å²) in [6, 6.07) is 38.0. The van der Waals surface area contributed by atoms with Gasteiger partial charge in [0.15, 0.2) is 0 Å². The van der Waals surface area contributed by atoms with Crippen molar-refractivity contribution in [1.82, 2.24) is 10.6 Å². The molecule has 4 aromatic rings. The average Bonchev–Trinajstić information content (AvgIpc) is 3.09. The number of rotatable bonds is 18. The molecule has 6 nitrogen and oxygen atoms in total. The monoisotopic (exact) mass is 690 g/mol. The highest BCUT2D eigenvalue weighted by molar-refractivity contribution is 6.04. The highest BCUT2D eigenvalue weighted by Crippen LogP contribution is 2.31. The van der Waals surface area contributed by atoms with Crippen molar-refractivity contribution in [1.29, 1.82) is 0 Å². The Balaban J connectivity index is 1.64. The van der Waals surface area contributed by atoms with E-state index < -0.39 is 40.5 Å². The molecule has 4 N–H and O–H groups in total. The Morgan fingerprint density at radius 2 is 0.725 bits per heavy atom. The van der Waals surface area contributed by atoms with Gasteiger partial charge in [0, 0.05) is 25.7 Å². The fourth-order valence-corrected chi connectivity index (χ4v) is 6.96. The smallest absolute Gasteiger partial charge is 0.235 e. The van der Waals surface area contributed by atoms with Crippen LogP contribution in [0.3, 0.4) is 0 Å². The summed E-state index contributed by atoms with van der Waals surface area (Å²) in [6.45, 7) is 11.5. The number of nitrogens with one attached hydrogen (secondary N) is 2. The Morgan fingerprint density at radius 3 is 0.941 bits per heavy atom. The Bertz CT molecular complexity index is 1430. The molecule has 0 aliphatic carbocycles. The number of amides is 2. The van der Waals surface area contributed by atoms with E-state index in [0.29, 0.717) is 38.5 Å². The molecule has 0 radical (unpaired) electrons. The number of aliphatic hydroxyl groups is 2. The molecule has 272 valence electrons. The first kappa shape index (κ1) is 39.5. The minimum absolute atomic E-state index is 0.159. The van der Waals surface area contributed by atoms with Crippen molar-refractivity contribution >= 4 is 11.8 Å². The summed E-state index contributed by atoms with van der Waals surface area (Å²) in [7, 11) is 0. The number of hydrogen-bond donors (Lipinski definition) is 4. The minimum atomic E-state index is -1.51. The molecule has 0 saturated heterocycles. The van der Waals surface area contributed by atoms with Crippen LogP contribution in [0.4, 0.5) is 0 Å². The minimum Gasteiger partial charge on any atom is -0.387 e. The van der Waals surface area contributed by atoms with E-state index in [4.69, 9.17) is 0 Å². The Labute approximate surface area is 305 Å². The van der Waals surface area contributed by atoms with Crippen LogP contribution in [0.2, 0.25) is 0 Å². The van der Waals surface area contributed by atoms with E-state index in [0.717, 1.165) is 22.3 Å². The van der Waals surface area contributed by atoms with Crippen molar-refractivity contribution in [2.24, 2.45) is 17.3 Å². The summed E-state index contributed by atoms with van der Waals surface area (Å²) in [4.78, 5) is 28.7. The summed E-state index contributed by atoms with van der Waals surface area (Å²) >= 11 is 0. The van der Waals surface area contributed by atoms with E-state index in [1.165, 1.54) is 0 Å². The van der Waals surface area contributed by atoms with Gasteiger partial charge in [-0.05, 0) is 60.8 Å². The predicted octanol–water partition coefficient (Wildman–Crippen LogP) is 7.51. The van der Waals surface area contributed by atoms with Gasteiger partial charge in [0.2, 0.25) is 11.8 Å². The van der Waals surface area contributed by atoms with Gasteiger partial charge in [0.25, 0.3) is 0 Å². The van der Waals surface area contributed by atoms with Crippen molar-refractivity contribution in [3.05, 3.63) is 144 Å². The number of carbonyl (C=O) groups is 2. The normalized spacial score (nSPS) is 13.5. The molecule has 0 spiro atoms. The van der Waals surface area contributed by atoms with Crippen LogP contribution in [0.1, 0.15) is 76.6 Å². The molecule has 0 heterocycles. The highest BCUT2D eigenvalue weighted by Gasteiger charge is 2.46. The van der Waals surface area contributed by atoms with Crippen molar-refractivity contribution < 1.29 is 19.8 Å². The molecule has 2 amide bonds. The van der Waals surface area contributed by atoms with E-state index >= 15 is 0 Å². The van der Waals surface area contributed by atoms with Crippen LogP contribution in [0.25, 0.3) is 0 Å². The average molecular weight is 691 g/mol. The predicted molar refractivity (Wildman–Crippen MR) is 207 cm³/mol. The molecule has 6 heteroatoms. The van der Waals surface area contributed by atoms with Crippen LogP contribution in [-0.2, 0) is 35.3 Å². The molecule has 4 aromatic carbocycles. The third-order valence-electron chi connectivity index (χ3n) is 9.87. The molecular formula is C45H58N2O4. The standard InChI is InChI=1S/C45H58N2O4/c1-33(2)27-39(44(50,29-35-19-11-7-12-20-35)30-36-21-13-8-14-22-36)46-41(48)43(5,6)42(49)47-40(28-34(3)4)45(51,31-37-23-15-9-16-24-37)32-38-25-17-10-18-26-38/h7-26,33-34,39-40,50-51H,27-32H2,1-6H3,(H,46,48)(H,47,49). The van der Waals surface area contributed by atoms with Gasteiger partial charge in [0.05, 0.1) is 23.3 Å². The summed E-state index contributed by atoms with van der Waals surface area (Å²) in [5, 5.41) is 31.5. The fraction of sp³-hybridized carbons (Fsp3) is 0.422. The van der Waals surface area contributed by atoms with Crippen LogP contribution in [0.5, 0.6) is 0 Å². The first-order chi connectivity index (χ1) is 24.2. The van der Waals surface area contributed by atoms with E-state index in [2.05, 4.69) is 38.3 Å². The van der Waals surface area contributed by atoms with Crippen molar-refractivity contribution in [2.45, 2.75) is 103 Å². The first-order valence-electron chi connectivity index (χ1n) is 18.4. The van der Waals surface area contributed by atoms with Gasteiger partial charge >= 0.3 is 0 Å². The fourth-order valence-electron chi connectivity index (χ4n) is 6.96. The zero-order chi connectivity index (χ0) is 37.1. The maximum Gasteiger partial charge on any atom is 0.235 e. The molecule has 0 aliphatic rings. The van der Waals surface area contributed by atoms with Crippen molar-refractivity contribution in [2.75, 3.05) is 0 Å². The lowest BCUT2D eigenvalue weighted by molar-refractivity contribution is -0.145. The summed E-state index contributed by atoms with van der Waals surface area (Å²) in [5.74, 6) is -0.621. The zero-order valence-electron chi connectivity index (χ0n) is 31.3. The van der Waals surface area contributed by atoms with Crippen LogP contribution >= 0.6 is 0 Å². The van der Waals surface area contributed by atoms with Gasteiger partial charge < -0.3 is 20.8 Å². The topological polar surface area (TPSA) is 98.7 Å². The molecule has 0 aromatic heterocycles. The quantitative estimate of drug-likeness (QED) is 0.0813. The SMILES string of the molecule is CC(C)CC(NC(=O)C(C)(C)C(=O)NC(CC(C)C)C(O)(Cc1ccccc1)Cc1ccccc1)C(O)(Cc1ccccc1)Cc1ccccc1. The third kappa shape index (κ3) is 11.4. The van der Waals surface area contributed by atoms with Crippen LogP contribution < -0.4 is 10.6 Å². The second-order valence-electron chi connectivity index (χ2n) is 15.8. The van der Waals surface area contributed by atoms with E-state index in [9.17, 15) is 19.8 Å². The maximum absolute atomic E-state index is 14.3. The van der Waals surface area contributed by atoms with Gasteiger partial charge in [-0.25, -0.2) is 0 Å². The van der Waals surface area contributed by atoms with Crippen molar-refractivity contribution in [3.63, 3.8) is 0 Å². The van der Waals surface area contributed by atoms with Gasteiger partial charge in [-0.3, -0.25) is 9.59 Å². The Kier molecular flexibility index (Phi) is 13.8. The molecule has 2 unspecified atom stereocenters. The van der Waals surface area contributed by atoms with Gasteiger partial charge in [-0.15, -0.1) is 0 Å². The van der Waals surface area contributed by atoms with E-state index in [-0.39, 0.29) is 11.8 Å². The summed E-state index contributed by atoms with van der Waals surface area (Å²) < 4.78 is 0. The van der Waals surface area contributed by atoms with Crippen LogP contribution in [-0.4, -0.2) is 45.3 Å². The lowest BCUT2D eigenvalue weighted by Gasteiger charge is -2.41. The van der Waals surface area contributed by atoms with Crippen molar-refractivity contribution in [3.8, 4) is 0 Å². The van der Waals surface area contributed by atoms with Crippen LogP contribution in [0.15, 0.2) is 121 Å². The van der Waals surface area contributed by atoms with Crippen LogP contribution in [0, 0.1) is 17.3 Å². The van der Waals surface area contributed by atoms with Gasteiger partial charge in [-0.1, -0.05) is 149 Å². The number of benzene rings is 4. The summed E-state index contributed by atoms with van der Waals surface area (Å²) in [6.07, 6.45) is 2.35. The lowest BCUT2D eigenvalue weighted by Crippen LogP contribution is -2.62. The van der Waals surface area contributed by atoms with Gasteiger partial charge in [0.1, 0.15) is 5.41 Å². The largest absolute Gasteiger partial charge is 0.387 e. The van der Waals surface area contributed by atoms with Gasteiger partial charge in [-0.2, -0.15) is 0 Å². The van der Waals surface area contributed by atoms with E-state index in [1.807, 2.05) is 121 Å². The summed E-state index contributed by atoms with van der Waals surface area (Å²) in [5.41, 5.74) is -0.327. The second kappa shape index (κ2) is 17.8. The first-order valence-corrected chi connectivity index (χ1v) is 18.4. The zero-order valence-corrected chi connectivity index (χ0v) is 31.3. The molecule has 0 bridgehead atoms. The van der Waals surface area contributed by atoms with E-state index in [1.54, 1.807) is 13.8 Å². The molecule has 0 saturated carbocycles. The lowest BCUT2D eigenvalue weighted by atomic mass is 9.77. The molecular weight excluding hydrogens is 633 g/mol. The third-order valence-corrected chi connectivity index (χ3v) is 9.87. The molecule has 0 aliphatic heterocycles. The Hall–Kier alpha value is -4.26. The molecule has 51 heavy (non-hydrogen) atoms. The number of hydrogen-bond acceptors (Lipinski definition) is 4. The molecule has 4 rings (SSSR count). The molecule has 2 atom stereocenters. The second-order valence-corrected chi connectivity index (χ2v) is 15.8. The Morgan fingerprint density at radius 1 is 0.490 bits per heavy atom. The molecule has 0 fully saturated rings. The highest BCUT2D eigenvalue weighted by atomic mass is 16.3.